The van der Waals surface area contributed by atoms with Gasteiger partial charge in [-0.1, -0.05) is 45.0 Å². The summed E-state index contributed by atoms with van der Waals surface area (Å²) in [5, 5.41) is 24.7. The number of fused-ring (bicyclic) bond motifs is 1. The number of hydrogen-bond acceptors (Lipinski definition) is 5. The summed E-state index contributed by atoms with van der Waals surface area (Å²) >= 11 is 12.3. The van der Waals surface area contributed by atoms with E-state index in [0.29, 0.717) is 49.8 Å². The first kappa shape index (κ1) is 24.6. The average molecular weight is 511 g/mol. The molecule has 0 radical (unpaired) electrons. The highest BCUT2D eigenvalue weighted by molar-refractivity contribution is 6.31. The molecule has 1 unspecified atom stereocenters. The van der Waals surface area contributed by atoms with Crippen molar-refractivity contribution in [2.24, 2.45) is 5.10 Å². The van der Waals surface area contributed by atoms with Crippen molar-refractivity contribution < 1.29 is 19.4 Å². The molecule has 1 aliphatic heterocycles. The smallest absolute Gasteiger partial charge is 0.487 e. The molecule has 1 heterocycles. The number of carboxylic acid groups (broad SMARTS) is 1. The van der Waals surface area contributed by atoms with Crippen molar-refractivity contribution in [3.63, 3.8) is 0 Å². The lowest BCUT2D eigenvalue weighted by Gasteiger charge is -2.35. The van der Waals surface area contributed by atoms with Gasteiger partial charge in [-0.3, -0.25) is 0 Å². The topological polar surface area (TPSA) is 91.9 Å². The Balaban J connectivity index is 1.62. The number of amides is 1. The molecule has 0 aliphatic carbocycles. The van der Waals surface area contributed by atoms with Crippen LogP contribution in [0.15, 0.2) is 65.8 Å². The molecule has 1 aliphatic rings. The number of hydrogen-bond donors (Lipinski definition) is 1. The molecule has 7 nitrogen and oxygen atoms in total. The van der Waals surface area contributed by atoms with Gasteiger partial charge >= 0.3 is 6.09 Å². The number of para-hydroxylation sites is 1. The van der Waals surface area contributed by atoms with Gasteiger partial charge in [0.25, 0.3) is 0 Å². The first-order chi connectivity index (χ1) is 16.5. The van der Waals surface area contributed by atoms with E-state index in [2.05, 4.69) is 5.10 Å². The summed E-state index contributed by atoms with van der Waals surface area (Å²) in [6.45, 7) is 5.52. The normalized spacial score (nSPS) is 16.7. The third-order valence-electron chi connectivity index (χ3n) is 5.54. The lowest BCUT2D eigenvalue weighted by atomic mass is 10.0. The first-order valence-electron chi connectivity index (χ1n) is 10.7. The van der Waals surface area contributed by atoms with E-state index < -0.39 is 16.2 Å². The Morgan fingerprint density at radius 1 is 1.03 bits per heavy atom. The van der Waals surface area contributed by atoms with E-state index in [-0.39, 0.29) is 6.61 Å². The zero-order valence-corrected chi connectivity index (χ0v) is 20.8. The molecule has 1 atom stereocenters. The van der Waals surface area contributed by atoms with Gasteiger partial charge in [0.05, 0.1) is 17.2 Å². The van der Waals surface area contributed by atoms with Crippen LogP contribution in [0.3, 0.4) is 0 Å². The summed E-state index contributed by atoms with van der Waals surface area (Å²) in [5.41, 5.74) is 1.43. The van der Waals surface area contributed by atoms with Crippen LogP contribution in [-0.4, -0.2) is 29.1 Å². The van der Waals surface area contributed by atoms with Crippen LogP contribution in [0.25, 0.3) is 0 Å². The van der Waals surface area contributed by atoms with E-state index in [1.54, 1.807) is 42.5 Å². The van der Waals surface area contributed by atoms with Crippen molar-refractivity contribution in [2.75, 3.05) is 6.61 Å². The third-order valence-corrected chi connectivity index (χ3v) is 5.97. The lowest BCUT2D eigenvalue weighted by Crippen LogP contribution is -2.60. The molecule has 1 N–H and O–H groups in total. The molecular formula is C26H22Cl2N3O4+. The number of quaternary nitrogens is 1. The van der Waals surface area contributed by atoms with Gasteiger partial charge in [0.2, 0.25) is 0 Å². The maximum Gasteiger partial charge on any atom is 0.546 e. The molecule has 35 heavy (non-hydrogen) atoms. The molecule has 9 heteroatoms. The maximum absolute atomic E-state index is 12.4. The standard InChI is InChI=1S/C26H21Cl2N3O4/c1-26(2,3)31(25(32)33)24-7-5-4-6-22(24)23(30-31)15-34-19-10-18(28)12-21(13-19)35-20-9-16(14-29)8-17(27)11-20/h4-13H,15H2,1-3H3/p+1. The SMILES string of the molecule is CC(C)(C)[N+]1(C(=O)O)N=C(COc2cc(Cl)cc(Oc3cc(Cl)cc(C#N)c3)c2)c2ccccc21. The first-order valence-corrected chi connectivity index (χ1v) is 11.4. The molecule has 3 aromatic carbocycles. The van der Waals surface area contributed by atoms with Crippen molar-refractivity contribution in [3.8, 4) is 23.3 Å². The van der Waals surface area contributed by atoms with Crippen molar-refractivity contribution >= 4 is 40.7 Å². The summed E-state index contributed by atoms with van der Waals surface area (Å²) in [4.78, 5) is 12.4. The van der Waals surface area contributed by atoms with Crippen LogP contribution in [0.2, 0.25) is 10.0 Å². The Morgan fingerprint density at radius 2 is 1.66 bits per heavy atom. The molecule has 0 aromatic heterocycles. The fourth-order valence-corrected chi connectivity index (χ4v) is 4.43. The molecule has 4 rings (SSSR count). The Morgan fingerprint density at radius 3 is 2.31 bits per heavy atom. The second-order valence-corrected chi connectivity index (χ2v) is 9.83. The van der Waals surface area contributed by atoms with E-state index >= 15 is 0 Å². The second kappa shape index (κ2) is 9.23. The summed E-state index contributed by atoms with van der Waals surface area (Å²) in [6.07, 6.45) is -1.07. The number of nitriles is 1. The van der Waals surface area contributed by atoms with Crippen LogP contribution in [0.1, 0.15) is 31.9 Å². The number of carbonyl (C=O) groups is 1. The van der Waals surface area contributed by atoms with Gasteiger partial charge in [-0.15, -0.1) is 0 Å². The number of halogens is 2. The van der Waals surface area contributed by atoms with E-state index in [1.807, 2.05) is 39.0 Å². The minimum absolute atomic E-state index is 0.0237. The maximum atomic E-state index is 12.4. The van der Waals surface area contributed by atoms with Gasteiger partial charge in [-0.05, 0) is 57.2 Å². The van der Waals surface area contributed by atoms with E-state index in [1.165, 1.54) is 6.07 Å². The number of benzene rings is 3. The Hall–Kier alpha value is -3.57. The lowest BCUT2D eigenvalue weighted by molar-refractivity contribution is 0.107. The van der Waals surface area contributed by atoms with Gasteiger partial charge in [0.1, 0.15) is 35.1 Å². The predicted octanol–water partition coefficient (Wildman–Crippen LogP) is 7.24. The number of ether oxygens (including phenoxy) is 2. The Labute approximate surface area is 212 Å². The van der Waals surface area contributed by atoms with Crippen LogP contribution in [0.5, 0.6) is 17.2 Å². The molecule has 178 valence electrons. The highest BCUT2D eigenvalue weighted by atomic mass is 35.5. The van der Waals surface area contributed by atoms with E-state index in [4.69, 9.17) is 37.9 Å². The average Bonchev–Trinajstić information content (AvgIpc) is 3.13. The number of rotatable bonds is 5. The van der Waals surface area contributed by atoms with Crippen LogP contribution in [-0.2, 0) is 0 Å². The molecule has 0 bridgehead atoms. The number of nitrogens with zero attached hydrogens (tertiary/aromatic N) is 3. The molecule has 1 amide bonds. The summed E-state index contributed by atoms with van der Waals surface area (Å²) in [5.74, 6) is 1.18. The third kappa shape index (κ3) is 4.69. The van der Waals surface area contributed by atoms with Gasteiger partial charge in [-0.25, -0.2) is 0 Å². The van der Waals surface area contributed by atoms with Gasteiger partial charge in [0.15, 0.2) is 5.69 Å². The largest absolute Gasteiger partial charge is 0.546 e. The monoisotopic (exact) mass is 510 g/mol. The second-order valence-electron chi connectivity index (χ2n) is 8.95. The molecule has 3 aromatic rings. The van der Waals surface area contributed by atoms with Crippen molar-refractivity contribution in [2.45, 2.75) is 26.3 Å². The highest BCUT2D eigenvalue weighted by Gasteiger charge is 2.56. The molecule has 0 fully saturated rings. The van der Waals surface area contributed by atoms with E-state index in [0.717, 1.165) is 0 Å². The minimum Gasteiger partial charge on any atom is -0.487 e. The van der Waals surface area contributed by atoms with Crippen molar-refractivity contribution in [3.05, 3.63) is 81.8 Å². The zero-order chi connectivity index (χ0) is 25.4. The van der Waals surface area contributed by atoms with Gasteiger partial charge in [-0.2, -0.15) is 10.1 Å². The summed E-state index contributed by atoms with van der Waals surface area (Å²) in [6, 6.07) is 18.8. The molecule has 0 saturated heterocycles. The van der Waals surface area contributed by atoms with Crippen molar-refractivity contribution in [1.82, 2.24) is 4.59 Å². The van der Waals surface area contributed by atoms with Gasteiger partial charge < -0.3 is 14.6 Å². The quantitative estimate of drug-likeness (QED) is 0.365. The van der Waals surface area contributed by atoms with E-state index in [9.17, 15) is 9.90 Å². The Bertz CT molecular complexity index is 1390. The van der Waals surface area contributed by atoms with Crippen LogP contribution in [0.4, 0.5) is 10.5 Å². The van der Waals surface area contributed by atoms with Gasteiger partial charge in [0, 0.05) is 22.2 Å². The summed E-state index contributed by atoms with van der Waals surface area (Å²) in [7, 11) is 0. The molecule has 0 spiro atoms. The zero-order valence-electron chi connectivity index (χ0n) is 19.3. The molecular weight excluding hydrogens is 489 g/mol. The van der Waals surface area contributed by atoms with Crippen LogP contribution >= 0.6 is 23.2 Å². The fraction of sp³-hybridized carbons (Fsp3) is 0.192. The molecule has 0 saturated carbocycles. The summed E-state index contributed by atoms with van der Waals surface area (Å²) < 4.78 is 11.3. The highest BCUT2D eigenvalue weighted by Crippen LogP contribution is 2.42. The Kier molecular flexibility index (Phi) is 6.48. The van der Waals surface area contributed by atoms with Crippen LogP contribution in [0, 0.1) is 11.3 Å². The minimum atomic E-state index is -1.07. The van der Waals surface area contributed by atoms with Crippen LogP contribution < -0.4 is 14.1 Å². The fourth-order valence-electron chi connectivity index (χ4n) is 3.99. The van der Waals surface area contributed by atoms with Crippen molar-refractivity contribution in [1.29, 1.82) is 5.26 Å². The predicted molar refractivity (Wildman–Crippen MR) is 136 cm³/mol.